The Bertz CT molecular complexity index is 637. The van der Waals surface area contributed by atoms with Gasteiger partial charge in [-0.25, -0.2) is 0 Å². The van der Waals surface area contributed by atoms with Crippen molar-refractivity contribution in [2.75, 3.05) is 32.1 Å². The number of nitrogens with zero attached hydrogens (tertiary/aromatic N) is 1. The molecular weight excluding hydrogens is 284 g/mol. The highest BCUT2D eigenvalue weighted by molar-refractivity contribution is 5.80. The smallest absolute Gasteiger partial charge is 0.119 e. The molecule has 3 heteroatoms. The standard InChI is InChI=1S/C20H26N2O/c1-3-14-13-22-9-7-15(14)10-17(22)11-16-6-8-21-20-5-4-18(23-2)12-19(16)20/h3-6,12,14-15,17,21H,1,7-11,13H2,2H3. The fraction of sp³-hybridized carbons (Fsp3) is 0.500. The normalized spacial score (nSPS) is 31.8. The number of piperidine rings is 3. The Kier molecular flexibility index (Phi) is 3.90. The van der Waals surface area contributed by atoms with E-state index < -0.39 is 0 Å². The minimum atomic E-state index is 0.688. The molecule has 4 atom stereocenters. The predicted octanol–water partition coefficient (Wildman–Crippen LogP) is 3.79. The maximum absolute atomic E-state index is 5.42. The molecule has 5 rings (SSSR count). The second-order valence-electron chi connectivity index (χ2n) is 7.06. The highest BCUT2D eigenvalue weighted by Crippen LogP contribution is 2.41. The zero-order chi connectivity index (χ0) is 15.8. The molecule has 0 saturated carbocycles. The van der Waals surface area contributed by atoms with Gasteiger partial charge in [0.2, 0.25) is 0 Å². The molecule has 4 aliphatic rings. The lowest BCUT2D eigenvalue weighted by Crippen LogP contribution is -2.52. The summed E-state index contributed by atoms with van der Waals surface area (Å²) in [5.41, 5.74) is 4.03. The number of anilines is 1. The third-order valence-electron chi connectivity index (χ3n) is 5.90. The second-order valence-corrected chi connectivity index (χ2v) is 7.06. The summed E-state index contributed by atoms with van der Waals surface area (Å²) in [6.07, 6.45) is 8.36. The summed E-state index contributed by atoms with van der Waals surface area (Å²) in [7, 11) is 1.74. The summed E-state index contributed by atoms with van der Waals surface area (Å²) in [5, 5.41) is 3.47. The SMILES string of the molecule is C=CC1CN2CCC1CC2CC1=CCNc2ccc(OC)cc21. The Labute approximate surface area is 139 Å². The van der Waals surface area contributed by atoms with Gasteiger partial charge < -0.3 is 10.1 Å². The van der Waals surface area contributed by atoms with Gasteiger partial charge in [0.05, 0.1) is 7.11 Å². The number of nitrogens with one attached hydrogen (secondary N) is 1. The first kappa shape index (κ1) is 14.8. The maximum atomic E-state index is 5.42. The quantitative estimate of drug-likeness (QED) is 0.856. The van der Waals surface area contributed by atoms with Crippen molar-refractivity contribution in [3.05, 3.63) is 42.5 Å². The molecular formula is C20H26N2O. The molecule has 0 amide bonds. The Morgan fingerprint density at radius 1 is 1.43 bits per heavy atom. The molecule has 23 heavy (non-hydrogen) atoms. The number of rotatable bonds is 4. The zero-order valence-corrected chi connectivity index (χ0v) is 13.9. The van der Waals surface area contributed by atoms with Crippen LogP contribution >= 0.6 is 0 Å². The predicted molar refractivity (Wildman–Crippen MR) is 95.8 cm³/mol. The number of methoxy groups -OCH3 is 1. The Hall–Kier alpha value is -1.74. The van der Waals surface area contributed by atoms with Crippen molar-refractivity contribution in [3.63, 3.8) is 0 Å². The van der Waals surface area contributed by atoms with Crippen LogP contribution in [0.15, 0.2) is 36.9 Å². The molecule has 4 aliphatic heterocycles. The van der Waals surface area contributed by atoms with E-state index in [0.717, 1.165) is 24.6 Å². The molecule has 0 spiro atoms. The lowest BCUT2D eigenvalue weighted by molar-refractivity contribution is 0.0216. The molecule has 1 aromatic rings. The summed E-state index contributed by atoms with van der Waals surface area (Å²) < 4.78 is 5.42. The molecule has 3 fully saturated rings. The molecule has 3 nitrogen and oxygen atoms in total. The number of ether oxygens (including phenoxy) is 1. The van der Waals surface area contributed by atoms with Crippen LogP contribution in [-0.2, 0) is 0 Å². The summed E-state index contributed by atoms with van der Waals surface area (Å²) in [6.45, 7) is 7.43. The van der Waals surface area contributed by atoms with Gasteiger partial charge in [0.25, 0.3) is 0 Å². The van der Waals surface area contributed by atoms with Crippen LogP contribution in [0, 0.1) is 11.8 Å². The Morgan fingerprint density at radius 3 is 3.09 bits per heavy atom. The summed E-state index contributed by atoms with van der Waals surface area (Å²) in [4.78, 5) is 2.69. The molecule has 0 aromatic heterocycles. The fourth-order valence-corrected chi connectivity index (χ4v) is 4.57. The lowest BCUT2D eigenvalue weighted by Gasteiger charge is -2.49. The molecule has 1 N–H and O–H groups in total. The number of hydrogen-bond acceptors (Lipinski definition) is 3. The van der Waals surface area contributed by atoms with Crippen molar-refractivity contribution in [2.24, 2.45) is 11.8 Å². The molecule has 1 aromatic carbocycles. The summed E-state index contributed by atoms with van der Waals surface area (Å²) >= 11 is 0. The van der Waals surface area contributed by atoms with Gasteiger partial charge in [0.1, 0.15) is 5.75 Å². The van der Waals surface area contributed by atoms with E-state index in [9.17, 15) is 0 Å². The molecule has 4 unspecified atom stereocenters. The van der Waals surface area contributed by atoms with Gasteiger partial charge in [-0.1, -0.05) is 12.2 Å². The average Bonchev–Trinajstić information content (AvgIpc) is 2.62. The zero-order valence-electron chi connectivity index (χ0n) is 13.9. The second kappa shape index (κ2) is 6.04. The van der Waals surface area contributed by atoms with Crippen LogP contribution in [0.25, 0.3) is 5.57 Å². The van der Waals surface area contributed by atoms with Crippen molar-refractivity contribution in [2.45, 2.75) is 25.3 Å². The molecule has 4 heterocycles. The van der Waals surface area contributed by atoms with Crippen LogP contribution in [-0.4, -0.2) is 37.7 Å². The highest BCUT2D eigenvalue weighted by atomic mass is 16.5. The van der Waals surface area contributed by atoms with Crippen LogP contribution in [0.2, 0.25) is 0 Å². The van der Waals surface area contributed by atoms with Gasteiger partial charge in [0, 0.05) is 30.4 Å². The molecule has 122 valence electrons. The van der Waals surface area contributed by atoms with E-state index in [0.29, 0.717) is 12.0 Å². The van der Waals surface area contributed by atoms with Crippen LogP contribution < -0.4 is 10.1 Å². The van der Waals surface area contributed by atoms with E-state index in [4.69, 9.17) is 4.74 Å². The van der Waals surface area contributed by atoms with Crippen LogP contribution in [0.4, 0.5) is 5.69 Å². The van der Waals surface area contributed by atoms with E-state index in [2.05, 4.69) is 41.1 Å². The van der Waals surface area contributed by atoms with E-state index in [1.807, 2.05) is 6.07 Å². The number of benzene rings is 1. The van der Waals surface area contributed by atoms with Crippen LogP contribution in [0.3, 0.4) is 0 Å². The largest absolute Gasteiger partial charge is 0.497 e. The Balaban J connectivity index is 1.54. The number of hydrogen-bond donors (Lipinski definition) is 1. The van der Waals surface area contributed by atoms with Crippen molar-refractivity contribution in [3.8, 4) is 5.75 Å². The first-order valence-electron chi connectivity index (χ1n) is 8.76. The van der Waals surface area contributed by atoms with Crippen molar-refractivity contribution >= 4 is 11.3 Å². The van der Waals surface area contributed by atoms with E-state index in [-0.39, 0.29) is 0 Å². The fourth-order valence-electron chi connectivity index (χ4n) is 4.57. The van der Waals surface area contributed by atoms with Gasteiger partial charge in [-0.3, -0.25) is 4.90 Å². The monoisotopic (exact) mass is 310 g/mol. The van der Waals surface area contributed by atoms with Gasteiger partial charge in [-0.05, 0) is 61.4 Å². The van der Waals surface area contributed by atoms with E-state index in [1.54, 1.807) is 7.11 Å². The average molecular weight is 310 g/mol. The van der Waals surface area contributed by atoms with Gasteiger partial charge >= 0.3 is 0 Å². The molecule has 3 saturated heterocycles. The van der Waals surface area contributed by atoms with E-state index in [1.165, 1.54) is 42.8 Å². The van der Waals surface area contributed by atoms with Gasteiger partial charge in [-0.2, -0.15) is 0 Å². The third kappa shape index (κ3) is 2.67. The van der Waals surface area contributed by atoms with Crippen LogP contribution in [0.5, 0.6) is 5.75 Å². The highest BCUT2D eigenvalue weighted by Gasteiger charge is 2.39. The maximum Gasteiger partial charge on any atom is 0.119 e. The molecule has 2 bridgehead atoms. The topological polar surface area (TPSA) is 24.5 Å². The molecule has 0 radical (unpaired) electrons. The first-order valence-corrected chi connectivity index (χ1v) is 8.76. The first-order chi connectivity index (χ1) is 11.3. The van der Waals surface area contributed by atoms with Crippen molar-refractivity contribution < 1.29 is 4.74 Å². The lowest BCUT2D eigenvalue weighted by atomic mass is 9.74. The Morgan fingerprint density at radius 2 is 2.35 bits per heavy atom. The number of fused-ring (bicyclic) bond motifs is 4. The third-order valence-corrected chi connectivity index (χ3v) is 5.90. The van der Waals surface area contributed by atoms with Crippen molar-refractivity contribution in [1.82, 2.24) is 4.90 Å². The van der Waals surface area contributed by atoms with Crippen molar-refractivity contribution in [1.29, 1.82) is 0 Å². The molecule has 0 aliphatic carbocycles. The van der Waals surface area contributed by atoms with Crippen LogP contribution in [0.1, 0.15) is 24.8 Å². The van der Waals surface area contributed by atoms with Gasteiger partial charge in [-0.15, -0.1) is 6.58 Å². The summed E-state index contributed by atoms with van der Waals surface area (Å²) in [6, 6.07) is 7.04. The minimum absolute atomic E-state index is 0.688. The van der Waals surface area contributed by atoms with E-state index >= 15 is 0 Å². The minimum Gasteiger partial charge on any atom is -0.497 e. The van der Waals surface area contributed by atoms with Gasteiger partial charge in [0.15, 0.2) is 0 Å². The summed E-state index contributed by atoms with van der Waals surface area (Å²) in [5.74, 6) is 2.49.